The van der Waals surface area contributed by atoms with Crippen LogP contribution in [0.4, 0.5) is 5.82 Å². The molecule has 2 N–H and O–H groups in total. The van der Waals surface area contributed by atoms with Gasteiger partial charge in [-0.15, -0.1) is 0 Å². The number of aromatic nitrogens is 2. The van der Waals surface area contributed by atoms with Crippen LogP contribution in [0, 0.1) is 13.8 Å². The Labute approximate surface area is 119 Å². The molecule has 0 atom stereocenters. The molecule has 0 bridgehead atoms. The van der Waals surface area contributed by atoms with Crippen LogP contribution in [0.5, 0.6) is 0 Å². The third kappa shape index (κ3) is 1.95. The quantitative estimate of drug-likeness (QED) is 0.766. The molecule has 3 rings (SSSR count). The number of nitrogen functional groups attached to an aromatic ring is 1. The Bertz CT molecular complexity index is 767. The summed E-state index contributed by atoms with van der Waals surface area (Å²) in [6.07, 6.45) is 1.04. The Morgan fingerprint density at radius 3 is 2.45 bits per heavy atom. The number of nitrogens with two attached hydrogens (primary N) is 1. The standard InChI is InChI=1S/C17H19N3/c1-4-13-5-7-14(8-6-13)16-17(18)20-12(3)9-11(2)10-15(20)19-16/h5-10H,4,18H2,1-3H3. The lowest BCUT2D eigenvalue weighted by Crippen LogP contribution is -1.98. The number of aryl methyl sites for hydroxylation is 3. The summed E-state index contributed by atoms with van der Waals surface area (Å²) in [5, 5.41) is 0. The molecule has 0 spiro atoms. The van der Waals surface area contributed by atoms with Crippen molar-refractivity contribution in [2.24, 2.45) is 0 Å². The lowest BCUT2D eigenvalue weighted by molar-refractivity contribution is 1.09. The second-order valence-electron chi connectivity index (χ2n) is 5.26. The second-order valence-corrected chi connectivity index (χ2v) is 5.26. The van der Waals surface area contributed by atoms with Gasteiger partial charge in [0.1, 0.15) is 17.2 Å². The molecule has 3 aromatic rings. The first-order chi connectivity index (χ1) is 9.60. The Morgan fingerprint density at radius 1 is 1.10 bits per heavy atom. The van der Waals surface area contributed by atoms with Crippen LogP contribution in [-0.4, -0.2) is 9.38 Å². The Kier molecular flexibility index (Phi) is 2.97. The summed E-state index contributed by atoms with van der Waals surface area (Å²) < 4.78 is 2.01. The molecule has 0 radical (unpaired) electrons. The van der Waals surface area contributed by atoms with E-state index in [2.05, 4.69) is 57.2 Å². The number of fused-ring (bicyclic) bond motifs is 1. The van der Waals surface area contributed by atoms with Crippen LogP contribution >= 0.6 is 0 Å². The fourth-order valence-corrected chi connectivity index (χ4v) is 2.67. The number of benzene rings is 1. The first-order valence-corrected chi connectivity index (χ1v) is 6.94. The highest BCUT2D eigenvalue weighted by atomic mass is 15.1. The molecule has 2 heterocycles. The van der Waals surface area contributed by atoms with Gasteiger partial charge in [-0.1, -0.05) is 31.2 Å². The summed E-state index contributed by atoms with van der Waals surface area (Å²) in [6.45, 7) is 6.29. The van der Waals surface area contributed by atoms with Gasteiger partial charge in [0.25, 0.3) is 0 Å². The maximum atomic E-state index is 6.29. The molecule has 0 aliphatic carbocycles. The molecule has 2 aromatic heterocycles. The van der Waals surface area contributed by atoms with E-state index >= 15 is 0 Å². The van der Waals surface area contributed by atoms with Crippen molar-refractivity contribution in [1.29, 1.82) is 0 Å². The fourth-order valence-electron chi connectivity index (χ4n) is 2.67. The first kappa shape index (κ1) is 12.7. The highest BCUT2D eigenvalue weighted by molar-refractivity contribution is 5.75. The van der Waals surface area contributed by atoms with E-state index in [1.165, 1.54) is 11.1 Å². The van der Waals surface area contributed by atoms with Crippen LogP contribution in [-0.2, 0) is 6.42 Å². The zero-order chi connectivity index (χ0) is 14.3. The summed E-state index contributed by atoms with van der Waals surface area (Å²) in [4.78, 5) is 4.70. The molecule has 0 unspecified atom stereocenters. The number of pyridine rings is 1. The van der Waals surface area contributed by atoms with Crippen LogP contribution in [0.25, 0.3) is 16.9 Å². The van der Waals surface area contributed by atoms with Gasteiger partial charge in [-0.05, 0) is 43.5 Å². The van der Waals surface area contributed by atoms with Crippen molar-refractivity contribution < 1.29 is 0 Å². The van der Waals surface area contributed by atoms with Crippen molar-refractivity contribution in [2.45, 2.75) is 27.2 Å². The molecular formula is C17H19N3. The van der Waals surface area contributed by atoms with Crippen molar-refractivity contribution in [3.05, 3.63) is 53.2 Å². The predicted octanol–water partition coefficient (Wildman–Crippen LogP) is 3.76. The number of anilines is 1. The molecule has 20 heavy (non-hydrogen) atoms. The third-order valence-electron chi connectivity index (χ3n) is 3.72. The largest absolute Gasteiger partial charge is 0.383 e. The Balaban J connectivity index is 2.20. The van der Waals surface area contributed by atoms with E-state index in [-0.39, 0.29) is 0 Å². The molecule has 102 valence electrons. The van der Waals surface area contributed by atoms with E-state index in [0.717, 1.165) is 29.0 Å². The highest BCUT2D eigenvalue weighted by Gasteiger charge is 2.12. The molecule has 0 saturated carbocycles. The van der Waals surface area contributed by atoms with Crippen molar-refractivity contribution >= 4 is 11.5 Å². The summed E-state index contributed by atoms with van der Waals surface area (Å²) in [5.41, 5.74) is 12.8. The van der Waals surface area contributed by atoms with E-state index in [1.54, 1.807) is 0 Å². The van der Waals surface area contributed by atoms with Crippen LogP contribution in [0.15, 0.2) is 36.4 Å². The zero-order valence-electron chi connectivity index (χ0n) is 12.1. The number of imidazole rings is 1. The molecule has 0 saturated heterocycles. The zero-order valence-corrected chi connectivity index (χ0v) is 12.1. The van der Waals surface area contributed by atoms with Crippen LogP contribution < -0.4 is 5.73 Å². The fraction of sp³-hybridized carbons (Fsp3) is 0.235. The number of hydrogen-bond donors (Lipinski definition) is 1. The molecule has 0 aliphatic rings. The molecule has 3 heteroatoms. The van der Waals surface area contributed by atoms with E-state index in [9.17, 15) is 0 Å². The topological polar surface area (TPSA) is 43.3 Å². The van der Waals surface area contributed by atoms with Crippen molar-refractivity contribution in [3.63, 3.8) is 0 Å². The lowest BCUT2D eigenvalue weighted by Gasteiger charge is -2.04. The average molecular weight is 265 g/mol. The Morgan fingerprint density at radius 2 is 1.80 bits per heavy atom. The number of hydrogen-bond acceptors (Lipinski definition) is 2. The summed E-state index contributed by atoms with van der Waals surface area (Å²) in [5.74, 6) is 0.710. The van der Waals surface area contributed by atoms with Crippen molar-refractivity contribution in [2.75, 3.05) is 5.73 Å². The van der Waals surface area contributed by atoms with Gasteiger partial charge in [0.2, 0.25) is 0 Å². The summed E-state index contributed by atoms with van der Waals surface area (Å²) in [7, 11) is 0. The normalized spacial score (nSPS) is 11.2. The van der Waals surface area contributed by atoms with Gasteiger partial charge in [0.15, 0.2) is 0 Å². The van der Waals surface area contributed by atoms with E-state index in [4.69, 9.17) is 10.7 Å². The predicted molar refractivity (Wildman–Crippen MR) is 83.9 cm³/mol. The maximum Gasteiger partial charge on any atom is 0.139 e. The third-order valence-corrected chi connectivity index (χ3v) is 3.72. The van der Waals surface area contributed by atoms with Gasteiger partial charge in [0, 0.05) is 11.3 Å². The minimum absolute atomic E-state index is 0.710. The van der Waals surface area contributed by atoms with Gasteiger partial charge >= 0.3 is 0 Å². The molecule has 1 aromatic carbocycles. The maximum absolute atomic E-state index is 6.29. The molecule has 0 fully saturated rings. The van der Waals surface area contributed by atoms with Crippen molar-refractivity contribution in [1.82, 2.24) is 9.38 Å². The van der Waals surface area contributed by atoms with Crippen molar-refractivity contribution in [3.8, 4) is 11.3 Å². The first-order valence-electron chi connectivity index (χ1n) is 6.94. The molecular weight excluding hydrogens is 246 g/mol. The minimum Gasteiger partial charge on any atom is -0.383 e. The van der Waals surface area contributed by atoms with E-state index in [0.29, 0.717) is 5.82 Å². The molecule has 0 amide bonds. The monoisotopic (exact) mass is 265 g/mol. The lowest BCUT2D eigenvalue weighted by atomic mass is 10.1. The van der Waals surface area contributed by atoms with Crippen LogP contribution in [0.2, 0.25) is 0 Å². The van der Waals surface area contributed by atoms with Gasteiger partial charge in [-0.3, -0.25) is 4.40 Å². The van der Waals surface area contributed by atoms with E-state index < -0.39 is 0 Å². The van der Waals surface area contributed by atoms with E-state index in [1.807, 2.05) is 4.40 Å². The summed E-state index contributed by atoms with van der Waals surface area (Å²) in [6, 6.07) is 12.6. The van der Waals surface area contributed by atoms with Crippen LogP contribution in [0.3, 0.4) is 0 Å². The molecule has 0 aliphatic heterocycles. The minimum atomic E-state index is 0.710. The van der Waals surface area contributed by atoms with Crippen LogP contribution in [0.1, 0.15) is 23.7 Å². The molecule has 3 nitrogen and oxygen atoms in total. The average Bonchev–Trinajstić information content (AvgIpc) is 2.76. The van der Waals surface area contributed by atoms with Gasteiger partial charge < -0.3 is 5.73 Å². The Hall–Kier alpha value is -2.29. The van der Waals surface area contributed by atoms with Gasteiger partial charge in [-0.25, -0.2) is 4.98 Å². The SMILES string of the molecule is CCc1ccc(-c2nc3cc(C)cc(C)n3c2N)cc1. The summed E-state index contributed by atoms with van der Waals surface area (Å²) >= 11 is 0. The van der Waals surface area contributed by atoms with Gasteiger partial charge in [0.05, 0.1) is 0 Å². The second kappa shape index (κ2) is 4.67. The smallest absolute Gasteiger partial charge is 0.139 e. The highest BCUT2D eigenvalue weighted by Crippen LogP contribution is 2.28. The number of rotatable bonds is 2. The van der Waals surface area contributed by atoms with Gasteiger partial charge in [-0.2, -0.15) is 0 Å². The number of nitrogens with zero attached hydrogens (tertiary/aromatic N) is 2.